The van der Waals surface area contributed by atoms with Gasteiger partial charge in [-0.05, 0) is 73.5 Å². The molecule has 0 atom stereocenters. The number of benzene rings is 1. The van der Waals surface area contributed by atoms with E-state index in [1.54, 1.807) is 24.3 Å². The molecule has 0 bridgehead atoms. The summed E-state index contributed by atoms with van der Waals surface area (Å²) in [5.41, 5.74) is 5.00. The van der Waals surface area contributed by atoms with Crippen LogP contribution in [0.2, 0.25) is 36.3 Å². The SMILES string of the molecule is CCOc1cc(C(=O)NC(CO)(CO[Si](C)(C)C(C)(C)C)CO[Si](C)(C)C(C)(C)C)cc(-c2ccc(C(N)=O)o2)c1. The van der Waals surface area contributed by atoms with Crippen LogP contribution in [0.5, 0.6) is 5.75 Å². The Labute approximate surface area is 247 Å². The standard InChI is InChI=1S/C30H50N2O7Si2/c1-12-36-23-16-21(24-13-14-25(39-24)26(31)34)15-22(17-23)27(35)32-30(18-33,19-37-40(8,9)28(2,3)4)20-38-41(10,11)29(5,6)7/h13-17,33H,12,18-20H2,1-11H3,(H2,31,34)(H,32,35). The van der Waals surface area contributed by atoms with Crippen molar-refractivity contribution in [2.24, 2.45) is 5.73 Å². The molecule has 1 heterocycles. The molecule has 0 radical (unpaired) electrons. The quantitative estimate of drug-likeness (QED) is 0.240. The largest absolute Gasteiger partial charge is 0.494 e. The lowest BCUT2D eigenvalue weighted by molar-refractivity contribution is 0.0433. The van der Waals surface area contributed by atoms with Crippen LogP contribution in [0, 0.1) is 0 Å². The first-order chi connectivity index (χ1) is 18.7. The maximum absolute atomic E-state index is 13.8. The normalized spacial score (nSPS) is 13.3. The maximum Gasteiger partial charge on any atom is 0.284 e. The first-order valence-corrected chi connectivity index (χ1v) is 19.9. The van der Waals surface area contributed by atoms with E-state index in [9.17, 15) is 14.7 Å². The van der Waals surface area contributed by atoms with E-state index >= 15 is 0 Å². The summed E-state index contributed by atoms with van der Waals surface area (Å²) in [6.07, 6.45) is 0. The second kappa shape index (κ2) is 12.8. The van der Waals surface area contributed by atoms with Gasteiger partial charge in [-0.25, -0.2) is 0 Å². The van der Waals surface area contributed by atoms with Gasteiger partial charge in [-0.2, -0.15) is 0 Å². The number of hydrogen-bond donors (Lipinski definition) is 3. The van der Waals surface area contributed by atoms with E-state index in [4.69, 9.17) is 23.7 Å². The van der Waals surface area contributed by atoms with Crippen molar-refractivity contribution >= 4 is 28.4 Å². The minimum absolute atomic E-state index is 0.0117. The van der Waals surface area contributed by atoms with Crippen LogP contribution in [-0.2, 0) is 8.85 Å². The third kappa shape index (κ3) is 8.77. The summed E-state index contributed by atoms with van der Waals surface area (Å²) >= 11 is 0. The number of nitrogens with one attached hydrogen (secondary N) is 1. The van der Waals surface area contributed by atoms with Gasteiger partial charge < -0.3 is 34.2 Å². The van der Waals surface area contributed by atoms with Crippen molar-refractivity contribution in [1.29, 1.82) is 0 Å². The van der Waals surface area contributed by atoms with Gasteiger partial charge in [0.1, 0.15) is 17.0 Å². The number of aliphatic hydroxyl groups is 1. The first-order valence-electron chi connectivity index (χ1n) is 14.1. The third-order valence-corrected chi connectivity index (χ3v) is 17.3. The summed E-state index contributed by atoms with van der Waals surface area (Å²) in [5.74, 6) is -0.285. The molecule has 1 aromatic heterocycles. The molecule has 0 aliphatic rings. The summed E-state index contributed by atoms with van der Waals surface area (Å²) in [7, 11) is -4.46. The number of primary amides is 1. The Bertz CT molecular complexity index is 1180. The van der Waals surface area contributed by atoms with Crippen molar-refractivity contribution in [3.8, 4) is 17.1 Å². The second-order valence-electron chi connectivity index (χ2n) is 13.7. The van der Waals surface area contributed by atoms with Crippen LogP contribution in [0.15, 0.2) is 34.7 Å². The number of ether oxygens (including phenoxy) is 1. The molecule has 41 heavy (non-hydrogen) atoms. The first kappa shape index (κ1) is 34.8. The van der Waals surface area contributed by atoms with Crippen molar-refractivity contribution in [2.45, 2.75) is 90.3 Å². The van der Waals surface area contributed by atoms with Crippen LogP contribution in [0.3, 0.4) is 0 Å². The molecule has 0 fully saturated rings. The summed E-state index contributed by atoms with van der Waals surface area (Å²) in [6, 6.07) is 8.10. The number of rotatable bonds is 13. The lowest BCUT2D eigenvalue weighted by atomic mass is 10.0. The van der Waals surface area contributed by atoms with Gasteiger partial charge in [0.05, 0.1) is 26.4 Å². The molecule has 2 aromatic rings. The van der Waals surface area contributed by atoms with E-state index < -0.39 is 34.0 Å². The number of amides is 2. The molecule has 2 amide bonds. The summed E-state index contributed by atoms with van der Waals surface area (Å²) in [5, 5.41) is 13.7. The van der Waals surface area contributed by atoms with Gasteiger partial charge in [0, 0.05) is 11.1 Å². The second-order valence-corrected chi connectivity index (χ2v) is 23.3. The van der Waals surface area contributed by atoms with Crippen molar-refractivity contribution in [2.75, 3.05) is 26.4 Å². The Hall–Kier alpha value is -2.45. The van der Waals surface area contributed by atoms with Gasteiger partial charge >= 0.3 is 0 Å². The molecule has 0 saturated heterocycles. The molecule has 230 valence electrons. The van der Waals surface area contributed by atoms with Gasteiger partial charge in [0.25, 0.3) is 11.8 Å². The molecule has 0 unspecified atom stereocenters. The molecule has 9 nitrogen and oxygen atoms in total. The minimum atomic E-state index is -2.23. The lowest BCUT2D eigenvalue weighted by Gasteiger charge is -2.43. The van der Waals surface area contributed by atoms with Crippen molar-refractivity contribution in [3.05, 3.63) is 41.7 Å². The maximum atomic E-state index is 13.8. The number of carbonyl (C=O) groups is 2. The van der Waals surface area contributed by atoms with Crippen LogP contribution in [0.4, 0.5) is 0 Å². The number of aliphatic hydroxyl groups excluding tert-OH is 1. The van der Waals surface area contributed by atoms with Crippen molar-refractivity contribution in [1.82, 2.24) is 5.32 Å². The molecule has 1 aromatic carbocycles. The van der Waals surface area contributed by atoms with Crippen LogP contribution >= 0.6 is 0 Å². The average molecular weight is 607 g/mol. The molecule has 0 aliphatic heterocycles. The van der Waals surface area contributed by atoms with E-state index in [1.165, 1.54) is 6.07 Å². The molecule has 0 spiro atoms. The zero-order chi connectivity index (χ0) is 31.4. The number of nitrogens with two attached hydrogens (primary N) is 1. The Kier molecular flexibility index (Phi) is 10.9. The predicted octanol–water partition coefficient (Wildman–Crippen LogP) is 5.95. The van der Waals surface area contributed by atoms with Gasteiger partial charge in [-0.15, -0.1) is 0 Å². The van der Waals surface area contributed by atoms with E-state index in [0.717, 1.165) is 0 Å². The molecule has 2 rings (SSSR count). The Morgan fingerprint density at radius 3 is 1.88 bits per heavy atom. The van der Waals surface area contributed by atoms with E-state index in [1.807, 2.05) is 6.92 Å². The topological polar surface area (TPSA) is 133 Å². The highest BCUT2D eigenvalue weighted by atomic mass is 28.4. The third-order valence-electron chi connectivity index (χ3n) is 8.33. The molecule has 0 aliphatic carbocycles. The fourth-order valence-electron chi connectivity index (χ4n) is 3.38. The van der Waals surface area contributed by atoms with Gasteiger partial charge in [-0.1, -0.05) is 41.5 Å². The van der Waals surface area contributed by atoms with Crippen molar-refractivity contribution < 1.29 is 32.7 Å². The fourth-order valence-corrected chi connectivity index (χ4v) is 5.52. The zero-order valence-electron chi connectivity index (χ0n) is 26.7. The Morgan fingerprint density at radius 1 is 0.927 bits per heavy atom. The fraction of sp³-hybridized carbons (Fsp3) is 0.600. The van der Waals surface area contributed by atoms with E-state index in [-0.39, 0.29) is 35.7 Å². The zero-order valence-corrected chi connectivity index (χ0v) is 28.7. The van der Waals surface area contributed by atoms with Crippen LogP contribution in [-0.4, -0.2) is 65.5 Å². The minimum Gasteiger partial charge on any atom is -0.494 e. The summed E-state index contributed by atoms with van der Waals surface area (Å²) in [6.45, 7) is 23.4. The van der Waals surface area contributed by atoms with Gasteiger partial charge in [0.2, 0.25) is 0 Å². The average Bonchev–Trinajstić information content (AvgIpc) is 3.35. The number of carbonyl (C=O) groups excluding carboxylic acids is 2. The van der Waals surface area contributed by atoms with Crippen LogP contribution < -0.4 is 15.8 Å². The Morgan fingerprint density at radius 2 is 1.46 bits per heavy atom. The van der Waals surface area contributed by atoms with Gasteiger partial charge in [0.15, 0.2) is 22.4 Å². The lowest BCUT2D eigenvalue weighted by Crippen LogP contribution is -2.61. The number of furan rings is 1. The molecule has 4 N–H and O–H groups in total. The molecule has 11 heteroatoms. The smallest absolute Gasteiger partial charge is 0.284 e. The highest BCUT2D eigenvalue weighted by molar-refractivity contribution is 6.74. The predicted molar refractivity (Wildman–Crippen MR) is 167 cm³/mol. The molecule has 0 saturated carbocycles. The molecular formula is C30H50N2O7Si2. The van der Waals surface area contributed by atoms with E-state index in [2.05, 4.69) is 73.0 Å². The Balaban J connectivity index is 2.50. The van der Waals surface area contributed by atoms with E-state index in [0.29, 0.717) is 29.2 Å². The highest BCUT2D eigenvalue weighted by Crippen LogP contribution is 2.39. The van der Waals surface area contributed by atoms with Crippen molar-refractivity contribution in [3.63, 3.8) is 0 Å². The molecular weight excluding hydrogens is 557 g/mol. The summed E-state index contributed by atoms with van der Waals surface area (Å²) in [4.78, 5) is 25.4. The summed E-state index contributed by atoms with van der Waals surface area (Å²) < 4.78 is 24.4. The van der Waals surface area contributed by atoms with Crippen LogP contribution in [0.1, 0.15) is 69.4 Å². The number of hydrogen-bond acceptors (Lipinski definition) is 7. The highest BCUT2D eigenvalue weighted by Gasteiger charge is 2.44. The van der Waals surface area contributed by atoms with Gasteiger partial charge in [-0.3, -0.25) is 9.59 Å². The monoisotopic (exact) mass is 606 g/mol. The van der Waals surface area contributed by atoms with Crippen LogP contribution in [0.25, 0.3) is 11.3 Å².